The number of nitrogens with one attached hydrogen (secondary N) is 1. The van der Waals surface area contributed by atoms with Crippen molar-refractivity contribution in [2.75, 3.05) is 19.8 Å². The minimum atomic E-state index is -0.845. The Morgan fingerprint density at radius 2 is 2.00 bits per heavy atom. The monoisotopic (exact) mass is 358 g/mol. The van der Waals surface area contributed by atoms with Crippen LogP contribution in [0, 0.1) is 5.92 Å². The smallest absolute Gasteiger partial charge is 0.325 e. The van der Waals surface area contributed by atoms with Crippen LogP contribution in [0.15, 0.2) is 18.2 Å². The molecule has 26 heavy (non-hydrogen) atoms. The van der Waals surface area contributed by atoms with E-state index in [1.165, 1.54) is 0 Å². The van der Waals surface area contributed by atoms with Gasteiger partial charge in [-0.3, -0.25) is 14.5 Å². The summed E-state index contributed by atoms with van der Waals surface area (Å²) in [6.45, 7) is 2.63. The molecular weight excluding hydrogens is 336 g/mol. The molecule has 4 rings (SSSR count). The van der Waals surface area contributed by atoms with Crippen LogP contribution in [0.1, 0.15) is 43.0 Å². The number of benzene rings is 1. The highest BCUT2D eigenvalue weighted by atomic mass is 16.6. The van der Waals surface area contributed by atoms with Crippen molar-refractivity contribution in [3.63, 3.8) is 0 Å². The number of fused-ring (bicyclic) bond motifs is 1. The highest BCUT2D eigenvalue weighted by Crippen LogP contribution is 2.38. The van der Waals surface area contributed by atoms with E-state index in [1.807, 2.05) is 6.92 Å². The Bertz CT molecular complexity index is 777. The average Bonchev–Trinajstić information content (AvgIpc) is 2.89. The van der Waals surface area contributed by atoms with Crippen molar-refractivity contribution in [3.8, 4) is 11.5 Å². The third-order valence-electron chi connectivity index (χ3n) is 5.67. The van der Waals surface area contributed by atoms with E-state index in [1.54, 1.807) is 18.2 Å². The zero-order valence-corrected chi connectivity index (χ0v) is 14.7. The van der Waals surface area contributed by atoms with Crippen molar-refractivity contribution >= 4 is 17.7 Å². The molecule has 0 aromatic heterocycles. The van der Waals surface area contributed by atoms with Gasteiger partial charge in [0.15, 0.2) is 17.3 Å². The normalized spacial score (nSPS) is 27.6. The molecule has 1 aromatic rings. The second kappa shape index (κ2) is 6.30. The molecule has 0 radical (unpaired) electrons. The summed E-state index contributed by atoms with van der Waals surface area (Å²) in [6.07, 6.45) is 3.49. The van der Waals surface area contributed by atoms with E-state index in [-0.39, 0.29) is 24.2 Å². The Hall–Kier alpha value is -2.57. The minimum absolute atomic E-state index is 0.0714. The predicted octanol–water partition coefficient (Wildman–Crippen LogP) is 2.14. The molecule has 7 heteroatoms. The van der Waals surface area contributed by atoms with Gasteiger partial charge in [-0.05, 0) is 37.0 Å². The number of imide groups is 1. The van der Waals surface area contributed by atoms with Crippen LogP contribution in [-0.4, -0.2) is 47.9 Å². The number of Topliss-reactive ketones (excluding diaryl/α,β-unsaturated/α-hetero) is 1. The second-order valence-corrected chi connectivity index (χ2v) is 7.22. The molecule has 0 bridgehead atoms. The summed E-state index contributed by atoms with van der Waals surface area (Å²) < 4.78 is 10.9. The predicted molar refractivity (Wildman–Crippen MR) is 92.4 cm³/mol. The summed E-state index contributed by atoms with van der Waals surface area (Å²) in [7, 11) is 0. The summed E-state index contributed by atoms with van der Waals surface area (Å²) in [5, 5.41) is 2.87. The fraction of sp³-hybridized carbons (Fsp3) is 0.526. The van der Waals surface area contributed by atoms with Crippen LogP contribution in [0.5, 0.6) is 11.5 Å². The molecule has 138 valence electrons. The SMILES string of the molecule is C[C@@H]1CCCC[C@]12NC(=O)N(CC(=O)c1ccc3c(c1)OCCO3)C2=O. The third-order valence-corrected chi connectivity index (χ3v) is 5.67. The molecule has 2 atom stereocenters. The van der Waals surface area contributed by atoms with Crippen molar-refractivity contribution < 1.29 is 23.9 Å². The zero-order valence-electron chi connectivity index (χ0n) is 14.7. The average molecular weight is 358 g/mol. The van der Waals surface area contributed by atoms with E-state index in [0.717, 1.165) is 24.2 Å². The van der Waals surface area contributed by atoms with Crippen molar-refractivity contribution in [1.29, 1.82) is 0 Å². The molecule has 1 aromatic carbocycles. The van der Waals surface area contributed by atoms with Gasteiger partial charge in [-0.2, -0.15) is 0 Å². The molecule has 1 saturated heterocycles. The number of carbonyl (C=O) groups is 3. The first-order valence-electron chi connectivity index (χ1n) is 9.08. The Balaban J connectivity index is 1.52. The maximum atomic E-state index is 12.9. The number of urea groups is 1. The quantitative estimate of drug-likeness (QED) is 0.661. The Morgan fingerprint density at radius 3 is 2.77 bits per heavy atom. The van der Waals surface area contributed by atoms with Gasteiger partial charge in [-0.25, -0.2) is 4.79 Å². The molecule has 1 saturated carbocycles. The fourth-order valence-corrected chi connectivity index (χ4v) is 4.09. The molecule has 2 aliphatic heterocycles. The summed E-state index contributed by atoms with van der Waals surface area (Å²) in [5.41, 5.74) is -0.449. The van der Waals surface area contributed by atoms with Crippen molar-refractivity contribution in [2.45, 2.75) is 38.1 Å². The highest BCUT2D eigenvalue weighted by molar-refractivity contribution is 6.11. The lowest BCUT2D eigenvalue weighted by molar-refractivity contribution is -0.133. The molecule has 1 aliphatic carbocycles. The molecule has 0 unspecified atom stereocenters. The molecule has 2 heterocycles. The van der Waals surface area contributed by atoms with E-state index in [9.17, 15) is 14.4 Å². The molecule has 3 amide bonds. The number of hydrogen-bond acceptors (Lipinski definition) is 5. The van der Waals surface area contributed by atoms with Crippen LogP contribution in [0.2, 0.25) is 0 Å². The van der Waals surface area contributed by atoms with E-state index in [0.29, 0.717) is 36.7 Å². The molecule has 3 aliphatic rings. The van der Waals surface area contributed by atoms with Gasteiger partial charge >= 0.3 is 6.03 Å². The van der Waals surface area contributed by atoms with Crippen LogP contribution in [0.3, 0.4) is 0 Å². The number of rotatable bonds is 3. The van der Waals surface area contributed by atoms with Gasteiger partial charge in [0.1, 0.15) is 18.8 Å². The van der Waals surface area contributed by atoms with E-state index >= 15 is 0 Å². The lowest BCUT2D eigenvalue weighted by atomic mass is 9.73. The molecule has 1 N–H and O–H groups in total. The van der Waals surface area contributed by atoms with E-state index in [4.69, 9.17) is 9.47 Å². The molecule has 2 fully saturated rings. The maximum absolute atomic E-state index is 12.9. The van der Waals surface area contributed by atoms with Gasteiger partial charge in [-0.1, -0.05) is 19.8 Å². The lowest BCUT2D eigenvalue weighted by Crippen LogP contribution is -2.54. The topological polar surface area (TPSA) is 84.9 Å². The van der Waals surface area contributed by atoms with Gasteiger partial charge in [-0.15, -0.1) is 0 Å². The molecule has 7 nitrogen and oxygen atoms in total. The maximum Gasteiger partial charge on any atom is 0.325 e. The van der Waals surface area contributed by atoms with Gasteiger partial charge in [0.05, 0.1) is 6.54 Å². The first-order chi connectivity index (χ1) is 12.5. The molecule has 1 spiro atoms. The van der Waals surface area contributed by atoms with E-state index < -0.39 is 11.6 Å². The van der Waals surface area contributed by atoms with Gasteiger partial charge in [0.2, 0.25) is 0 Å². The standard InChI is InChI=1S/C19H22N2O5/c1-12-4-2-3-7-19(12)17(23)21(18(24)20-19)11-14(22)13-5-6-15-16(10-13)26-9-8-25-15/h5-6,10,12H,2-4,7-9,11H2,1H3,(H,20,24)/t12-,19+/m1/s1. The van der Waals surface area contributed by atoms with Crippen molar-refractivity contribution in [1.82, 2.24) is 10.2 Å². The van der Waals surface area contributed by atoms with Crippen LogP contribution >= 0.6 is 0 Å². The van der Waals surface area contributed by atoms with Crippen LogP contribution in [0.4, 0.5) is 4.79 Å². The Morgan fingerprint density at radius 1 is 1.23 bits per heavy atom. The highest BCUT2D eigenvalue weighted by Gasteiger charge is 2.55. The van der Waals surface area contributed by atoms with Crippen LogP contribution < -0.4 is 14.8 Å². The first-order valence-corrected chi connectivity index (χ1v) is 9.08. The Kier molecular flexibility index (Phi) is 4.09. The lowest BCUT2D eigenvalue weighted by Gasteiger charge is -2.36. The molecular formula is C19H22N2O5. The first kappa shape index (κ1) is 16.9. The van der Waals surface area contributed by atoms with Gasteiger partial charge < -0.3 is 14.8 Å². The van der Waals surface area contributed by atoms with Crippen LogP contribution in [0.25, 0.3) is 0 Å². The third kappa shape index (κ3) is 2.62. The summed E-state index contributed by atoms with van der Waals surface area (Å²) in [6, 6.07) is 4.44. The number of nitrogens with zero attached hydrogens (tertiary/aromatic N) is 1. The van der Waals surface area contributed by atoms with E-state index in [2.05, 4.69) is 5.32 Å². The summed E-state index contributed by atoms with van der Waals surface area (Å²) >= 11 is 0. The number of ketones is 1. The van der Waals surface area contributed by atoms with Crippen molar-refractivity contribution in [3.05, 3.63) is 23.8 Å². The van der Waals surface area contributed by atoms with Gasteiger partial charge in [0.25, 0.3) is 5.91 Å². The second-order valence-electron chi connectivity index (χ2n) is 7.22. The summed E-state index contributed by atoms with van der Waals surface area (Å²) in [4.78, 5) is 39.1. The minimum Gasteiger partial charge on any atom is -0.486 e. The van der Waals surface area contributed by atoms with Crippen molar-refractivity contribution in [2.24, 2.45) is 5.92 Å². The Labute approximate surface area is 151 Å². The number of amides is 3. The zero-order chi connectivity index (χ0) is 18.3. The van der Waals surface area contributed by atoms with Crippen LogP contribution in [-0.2, 0) is 4.79 Å². The number of ether oxygens (including phenoxy) is 2. The fourth-order valence-electron chi connectivity index (χ4n) is 4.09. The van der Waals surface area contributed by atoms with Gasteiger partial charge in [0, 0.05) is 5.56 Å². The summed E-state index contributed by atoms with van der Waals surface area (Å²) in [5.74, 6) is 0.600. The number of hydrogen-bond donors (Lipinski definition) is 1. The number of carbonyl (C=O) groups excluding carboxylic acids is 3. The largest absolute Gasteiger partial charge is 0.486 e.